The van der Waals surface area contributed by atoms with Crippen molar-refractivity contribution in [2.75, 3.05) is 19.8 Å². The van der Waals surface area contributed by atoms with Crippen LogP contribution in [0.2, 0.25) is 0 Å². The maximum Gasteiger partial charge on any atom is 0.364 e. The Bertz CT molecular complexity index is 1160. The Morgan fingerprint density at radius 2 is 1.55 bits per heavy atom. The predicted octanol–water partition coefficient (Wildman–Crippen LogP) is -6.35. The van der Waals surface area contributed by atoms with E-state index in [-0.39, 0.29) is 12.8 Å². The van der Waals surface area contributed by atoms with E-state index >= 15 is 0 Å². The first-order valence-corrected chi connectivity index (χ1v) is 16.4. The highest BCUT2D eigenvalue weighted by Gasteiger charge is 2.60. The third kappa shape index (κ3) is 9.96. The van der Waals surface area contributed by atoms with Crippen LogP contribution >= 0.6 is 0 Å². The van der Waals surface area contributed by atoms with Crippen LogP contribution in [0.3, 0.4) is 0 Å². The molecule has 3 heterocycles. The number of aliphatic hydroxyl groups excluding tert-OH is 10. The molecular weight excluding hydrogens is 692 g/mol. The Morgan fingerprint density at radius 3 is 2.12 bits per heavy atom. The number of carbonyl (C=O) groups excluding carboxylic acids is 2. The van der Waals surface area contributed by atoms with Gasteiger partial charge in [-0.25, -0.2) is 4.79 Å². The van der Waals surface area contributed by atoms with Crippen LogP contribution in [0.1, 0.15) is 39.0 Å². The maximum atomic E-state index is 12.8. The van der Waals surface area contributed by atoms with Gasteiger partial charge >= 0.3 is 5.97 Å². The number of rotatable bonds is 17. The average Bonchev–Trinajstić information content (AvgIpc) is 3.10. The van der Waals surface area contributed by atoms with Crippen LogP contribution in [0, 0.1) is 0 Å². The zero-order valence-corrected chi connectivity index (χ0v) is 27.8. The number of carboxylic acids is 1. The number of nitrogens with one attached hydrogen (secondary N) is 2. The van der Waals surface area contributed by atoms with E-state index in [4.69, 9.17) is 23.7 Å². The van der Waals surface area contributed by atoms with Crippen LogP contribution in [-0.4, -0.2) is 191 Å². The van der Waals surface area contributed by atoms with Gasteiger partial charge in [0.2, 0.25) is 11.8 Å². The zero-order chi connectivity index (χ0) is 38.2. The van der Waals surface area contributed by atoms with E-state index in [0.29, 0.717) is 12.8 Å². The Hall–Kier alpha value is -2.45. The monoisotopic (exact) mass is 742 g/mol. The first-order valence-electron chi connectivity index (χ1n) is 16.4. The summed E-state index contributed by atoms with van der Waals surface area (Å²) in [7, 11) is 0. The molecule has 0 aromatic carbocycles. The smallest absolute Gasteiger partial charge is 0.364 e. The molecule has 21 heteroatoms. The number of amides is 2. The molecular formula is C30H50N2O19. The van der Waals surface area contributed by atoms with Crippen molar-refractivity contribution in [3.8, 4) is 0 Å². The molecule has 0 aliphatic carbocycles. The summed E-state index contributed by atoms with van der Waals surface area (Å²) in [6.45, 7) is 2.28. The van der Waals surface area contributed by atoms with Crippen molar-refractivity contribution < 1.29 is 94.2 Å². The van der Waals surface area contributed by atoms with Crippen LogP contribution in [0.4, 0.5) is 0 Å². The highest BCUT2D eigenvalue weighted by atomic mass is 16.8. The lowest BCUT2D eigenvalue weighted by Crippen LogP contribution is -2.71. The molecule has 0 spiro atoms. The van der Waals surface area contributed by atoms with E-state index in [2.05, 4.69) is 17.2 Å². The molecule has 0 saturated carbocycles. The van der Waals surface area contributed by atoms with Crippen molar-refractivity contribution in [2.24, 2.45) is 0 Å². The van der Waals surface area contributed by atoms with Crippen LogP contribution < -0.4 is 10.6 Å². The molecule has 16 atom stereocenters. The molecule has 3 fully saturated rings. The summed E-state index contributed by atoms with van der Waals surface area (Å²) in [6, 6.07) is -1.55. The second-order valence-corrected chi connectivity index (χ2v) is 12.5. The van der Waals surface area contributed by atoms with Crippen molar-refractivity contribution >= 4 is 17.8 Å². The average molecular weight is 743 g/mol. The first kappa shape index (κ1) is 43.0. The van der Waals surface area contributed by atoms with E-state index in [1.54, 1.807) is 6.92 Å². The van der Waals surface area contributed by atoms with Gasteiger partial charge in [0.25, 0.3) is 5.79 Å². The van der Waals surface area contributed by atoms with Gasteiger partial charge in [0.1, 0.15) is 67.1 Å². The van der Waals surface area contributed by atoms with Crippen molar-refractivity contribution in [3.63, 3.8) is 0 Å². The van der Waals surface area contributed by atoms with Gasteiger partial charge in [-0.05, 0) is 12.8 Å². The van der Waals surface area contributed by atoms with Gasteiger partial charge in [-0.15, -0.1) is 6.58 Å². The molecule has 3 rings (SSSR count). The lowest BCUT2D eigenvalue weighted by Gasteiger charge is -2.50. The molecule has 0 radical (unpaired) electrons. The fourth-order valence-corrected chi connectivity index (χ4v) is 6.02. The summed E-state index contributed by atoms with van der Waals surface area (Å²) in [5.41, 5.74) is 0. The molecule has 51 heavy (non-hydrogen) atoms. The van der Waals surface area contributed by atoms with Gasteiger partial charge in [0.15, 0.2) is 12.5 Å². The lowest BCUT2D eigenvalue weighted by atomic mass is 9.88. The SMILES string of the molecule is C=CCCC(=O)N[C@@H]1O[C@H](CO)[C@@H](O[C@@H]2O[C@H](CO)[C@H](O)[C@H](O[C@]3(C(=O)O)C[C@H](O)[C@@H](NC(=O)CCC)[C@H]([C@H](O)[C@H](O)CO)O3)[C@H]2O)[C@H](O)[C@H]1O. The Kier molecular flexibility index (Phi) is 16.0. The standard InChI is InChI=1S/C30H50N2O19/c1-3-5-7-17(39)32-27-22(43)21(42)24(15(11-35)47-27)49-28-23(44)26(20(41)14(10-34)48-28)51-30(29(45)46)8-12(36)18(31-16(38)6-4-2)25(50-30)19(40)13(37)9-33/h3,12-15,18-28,33-37,40-44H,1,4-11H2,2H3,(H,31,38)(H,32,39)(H,45,46)/t12-,13+,14+,15+,18+,19+,20-,21+,22+,23+,24+,25+,26-,27+,28-,30-/m0/s1. The van der Waals surface area contributed by atoms with Crippen molar-refractivity contribution in [1.29, 1.82) is 0 Å². The molecule has 3 aliphatic rings. The highest BCUT2D eigenvalue weighted by molar-refractivity contribution is 5.78. The van der Waals surface area contributed by atoms with E-state index in [1.807, 2.05) is 0 Å². The molecule has 0 aromatic rings. The van der Waals surface area contributed by atoms with E-state index < -0.39 is 142 Å². The van der Waals surface area contributed by atoms with Crippen molar-refractivity contribution in [3.05, 3.63) is 12.7 Å². The van der Waals surface area contributed by atoms with Gasteiger partial charge in [-0.3, -0.25) is 9.59 Å². The van der Waals surface area contributed by atoms with E-state index in [1.165, 1.54) is 6.08 Å². The van der Waals surface area contributed by atoms with Crippen molar-refractivity contribution in [2.45, 2.75) is 137 Å². The number of allylic oxidation sites excluding steroid dienone is 1. The molecule has 3 saturated heterocycles. The third-order valence-corrected chi connectivity index (χ3v) is 8.80. The number of aliphatic carboxylic acids is 1. The molecule has 0 unspecified atom stereocenters. The third-order valence-electron chi connectivity index (χ3n) is 8.80. The summed E-state index contributed by atoms with van der Waals surface area (Å²) in [4.78, 5) is 37.4. The summed E-state index contributed by atoms with van der Waals surface area (Å²) >= 11 is 0. The zero-order valence-electron chi connectivity index (χ0n) is 27.8. The van der Waals surface area contributed by atoms with E-state index in [9.17, 15) is 70.6 Å². The second kappa shape index (κ2) is 19.0. The van der Waals surface area contributed by atoms with Gasteiger partial charge in [-0.2, -0.15) is 0 Å². The molecule has 0 bridgehead atoms. The topological polar surface area (TPSA) is 344 Å². The summed E-state index contributed by atoms with van der Waals surface area (Å²) in [5, 5.41) is 120. The van der Waals surface area contributed by atoms with Crippen LogP contribution in [-0.2, 0) is 38.1 Å². The number of hydrogen-bond donors (Lipinski definition) is 13. The minimum atomic E-state index is -3.05. The molecule has 21 nitrogen and oxygen atoms in total. The Labute approximate surface area is 292 Å². The minimum absolute atomic E-state index is 0.0291. The van der Waals surface area contributed by atoms with Crippen molar-refractivity contribution in [1.82, 2.24) is 10.6 Å². The fourth-order valence-electron chi connectivity index (χ4n) is 6.02. The Morgan fingerprint density at radius 1 is 0.902 bits per heavy atom. The normalized spacial score (nSPS) is 39.8. The molecule has 294 valence electrons. The van der Waals surface area contributed by atoms with Gasteiger partial charge in [-0.1, -0.05) is 13.0 Å². The maximum absolute atomic E-state index is 12.8. The summed E-state index contributed by atoms with van der Waals surface area (Å²) < 4.78 is 27.9. The summed E-state index contributed by atoms with van der Waals surface area (Å²) in [6.07, 6.45) is -25.4. The lowest BCUT2D eigenvalue weighted by molar-refractivity contribution is -0.381. The predicted molar refractivity (Wildman–Crippen MR) is 165 cm³/mol. The number of carboxylic acid groups (broad SMARTS) is 1. The van der Waals surface area contributed by atoms with Gasteiger partial charge in [0.05, 0.1) is 32.0 Å². The van der Waals surface area contributed by atoms with Crippen LogP contribution in [0.25, 0.3) is 0 Å². The fraction of sp³-hybridized carbons (Fsp3) is 0.833. The van der Waals surface area contributed by atoms with Gasteiger partial charge < -0.3 is 90.5 Å². The number of aliphatic hydroxyl groups is 10. The molecule has 3 aliphatic heterocycles. The van der Waals surface area contributed by atoms with Gasteiger partial charge in [0, 0.05) is 19.3 Å². The van der Waals surface area contributed by atoms with Crippen LogP contribution in [0.15, 0.2) is 12.7 Å². The highest BCUT2D eigenvalue weighted by Crippen LogP contribution is 2.38. The molecule has 2 amide bonds. The molecule has 0 aromatic heterocycles. The summed E-state index contributed by atoms with van der Waals surface area (Å²) in [5.74, 6) is -6.23. The largest absolute Gasteiger partial charge is 0.477 e. The number of hydrogen-bond acceptors (Lipinski definition) is 18. The Balaban J connectivity index is 1.90. The quantitative estimate of drug-likeness (QED) is 0.0616. The second-order valence-electron chi connectivity index (χ2n) is 12.5. The number of ether oxygens (including phenoxy) is 5. The molecule has 13 N–H and O–H groups in total. The minimum Gasteiger partial charge on any atom is -0.477 e. The van der Waals surface area contributed by atoms with E-state index in [0.717, 1.165) is 0 Å². The van der Waals surface area contributed by atoms with Crippen LogP contribution in [0.5, 0.6) is 0 Å². The number of carbonyl (C=O) groups is 3. The first-order chi connectivity index (χ1) is 24.1.